The minimum absolute atomic E-state index is 0. The van der Waals surface area contributed by atoms with Crippen molar-refractivity contribution in [3.05, 3.63) is 42.5 Å². The minimum atomic E-state index is -4.52. The molecule has 1 heterocycles. The zero-order valence-electron chi connectivity index (χ0n) is 13.5. The zero-order chi connectivity index (χ0) is 16.9. The van der Waals surface area contributed by atoms with Gasteiger partial charge in [0.2, 0.25) is 0 Å². The fourth-order valence-corrected chi connectivity index (χ4v) is 2.66. The molecule has 0 bridgehead atoms. The van der Waals surface area contributed by atoms with E-state index in [9.17, 15) is 17.6 Å². The summed E-state index contributed by atoms with van der Waals surface area (Å²) in [4.78, 5) is 2.11. The summed E-state index contributed by atoms with van der Waals surface area (Å²) in [5.41, 5.74) is 0.467. The van der Waals surface area contributed by atoms with Crippen LogP contribution in [0, 0.1) is 0 Å². The average molecular weight is 405 g/mol. The molecule has 1 saturated heterocycles. The minimum Gasteiger partial charge on any atom is -0.428 e. The summed E-state index contributed by atoms with van der Waals surface area (Å²) in [6.07, 6.45) is -6.19. The molecule has 1 N–H and O–H groups in total. The van der Waals surface area contributed by atoms with Gasteiger partial charge in [-0.1, -0.05) is 24.3 Å². The summed E-state index contributed by atoms with van der Waals surface area (Å²) in [6, 6.07) is 5.86. The molecule has 2 rings (SSSR count). The Bertz CT molecular complexity index is 529. The van der Waals surface area contributed by atoms with E-state index in [1.165, 1.54) is 12.1 Å². The monoisotopic (exact) mass is 404 g/mol. The topological polar surface area (TPSA) is 24.5 Å². The molecule has 0 saturated carbocycles. The van der Waals surface area contributed by atoms with Gasteiger partial charge in [-0.25, -0.2) is 0 Å². The normalized spacial score (nSPS) is 16.5. The number of rotatable bonds is 7. The summed E-state index contributed by atoms with van der Waals surface area (Å²) in [6.45, 7) is 6.73. The second-order valence-corrected chi connectivity index (χ2v) is 5.33. The molecule has 1 aromatic rings. The smallest absolute Gasteiger partial charge is 0.428 e. The van der Waals surface area contributed by atoms with Gasteiger partial charge in [0.1, 0.15) is 5.75 Å². The average Bonchev–Trinajstić information content (AvgIpc) is 2.54. The first-order chi connectivity index (χ1) is 11.0. The van der Waals surface area contributed by atoms with Crippen LogP contribution in [-0.4, -0.2) is 43.6 Å². The quantitative estimate of drug-likeness (QED) is 0.541. The molecule has 0 aliphatic carbocycles. The summed E-state index contributed by atoms with van der Waals surface area (Å²) in [5, 5.41) is 3.21. The van der Waals surface area contributed by atoms with Gasteiger partial charge in [0.25, 0.3) is 0 Å². The van der Waals surface area contributed by atoms with Crippen LogP contribution >= 0.6 is 24.8 Å². The maximum atomic E-state index is 13.3. The Morgan fingerprint density at radius 3 is 2.36 bits per heavy atom. The van der Waals surface area contributed by atoms with Crippen LogP contribution in [0.3, 0.4) is 0 Å². The van der Waals surface area contributed by atoms with Crippen LogP contribution in [-0.2, 0) is 0 Å². The molecule has 0 spiro atoms. The second kappa shape index (κ2) is 10.9. The van der Waals surface area contributed by atoms with E-state index in [0.717, 1.165) is 26.2 Å². The van der Waals surface area contributed by atoms with Gasteiger partial charge < -0.3 is 10.1 Å². The largest absolute Gasteiger partial charge is 0.461 e. The lowest BCUT2D eigenvalue weighted by atomic mass is 10.00. The number of piperazine rings is 1. The van der Waals surface area contributed by atoms with Crippen molar-refractivity contribution in [1.29, 1.82) is 0 Å². The molecule has 0 aromatic heterocycles. The molecule has 0 unspecified atom stereocenters. The summed E-state index contributed by atoms with van der Waals surface area (Å²) in [5.74, 6) is -0.219. The lowest BCUT2D eigenvalue weighted by Crippen LogP contribution is -2.45. The van der Waals surface area contributed by atoms with Crippen LogP contribution in [0.4, 0.5) is 17.6 Å². The van der Waals surface area contributed by atoms with Gasteiger partial charge in [-0.3, -0.25) is 4.90 Å². The van der Waals surface area contributed by atoms with Crippen LogP contribution in [0.15, 0.2) is 36.9 Å². The predicted octanol–water partition coefficient (Wildman–Crippen LogP) is 4.29. The van der Waals surface area contributed by atoms with E-state index < -0.39 is 12.5 Å². The Labute approximate surface area is 157 Å². The highest BCUT2D eigenvalue weighted by Crippen LogP contribution is 2.36. The van der Waals surface area contributed by atoms with Crippen molar-refractivity contribution in [3.8, 4) is 5.75 Å². The Morgan fingerprint density at radius 1 is 1.20 bits per heavy atom. The van der Waals surface area contributed by atoms with Crippen molar-refractivity contribution in [2.45, 2.75) is 25.0 Å². The summed E-state index contributed by atoms with van der Waals surface area (Å²) in [7, 11) is 0. The van der Waals surface area contributed by atoms with Gasteiger partial charge >= 0.3 is 12.5 Å². The van der Waals surface area contributed by atoms with Crippen LogP contribution in [0.5, 0.6) is 5.75 Å². The number of hydrogen-bond acceptors (Lipinski definition) is 3. The van der Waals surface area contributed by atoms with E-state index in [2.05, 4.69) is 21.5 Å². The molecule has 3 nitrogen and oxygen atoms in total. The lowest BCUT2D eigenvalue weighted by Gasteiger charge is -2.35. The molecule has 0 radical (unpaired) electrons. The van der Waals surface area contributed by atoms with E-state index in [-0.39, 0.29) is 36.6 Å². The molecular formula is C16H22Cl2F4N2O. The Hall–Kier alpha value is -1.02. The molecule has 25 heavy (non-hydrogen) atoms. The molecule has 9 heteroatoms. The van der Waals surface area contributed by atoms with Crippen molar-refractivity contribution in [1.82, 2.24) is 10.2 Å². The van der Waals surface area contributed by atoms with Gasteiger partial charge in [0, 0.05) is 37.8 Å². The maximum absolute atomic E-state index is 13.3. The molecular weight excluding hydrogens is 383 g/mol. The molecule has 1 aliphatic heterocycles. The molecule has 1 aliphatic rings. The molecule has 1 fully saturated rings. The van der Waals surface area contributed by atoms with E-state index in [1.807, 2.05) is 0 Å². The Morgan fingerprint density at radius 2 is 1.80 bits per heavy atom. The zero-order valence-corrected chi connectivity index (χ0v) is 15.1. The van der Waals surface area contributed by atoms with Crippen LogP contribution in [0.1, 0.15) is 18.0 Å². The molecule has 1 atom stereocenters. The fourth-order valence-electron chi connectivity index (χ4n) is 2.66. The van der Waals surface area contributed by atoms with Crippen LogP contribution in [0.2, 0.25) is 0 Å². The first-order valence-electron chi connectivity index (χ1n) is 7.45. The van der Waals surface area contributed by atoms with E-state index in [1.54, 1.807) is 18.2 Å². The Kier molecular flexibility index (Phi) is 10.4. The third-order valence-corrected chi connectivity index (χ3v) is 3.76. The number of hydrogen-bond donors (Lipinski definition) is 1. The van der Waals surface area contributed by atoms with Gasteiger partial charge in [-0.05, 0) is 12.5 Å². The summed E-state index contributed by atoms with van der Waals surface area (Å²) < 4.78 is 55.8. The third-order valence-electron chi connectivity index (χ3n) is 3.76. The SMILES string of the molecule is C=CC[C@@H](c1ccccc1OC(F)(F)C(F)F)N1CCNCC1.Cl.Cl. The van der Waals surface area contributed by atoms with Crippen molar-refractivity contribution in [2.24, 2.45) is 0 Å². The standard InChI is InChI=1S/C16H20F4N2O.2ClH/c1-2-5-13(22-10-8-21-9-11-22)12-6-3-4-7-14(12)23-16(19,20)15(17)18;;/h2-4,6-7,13,15,21H,1,5,8-11H2;2*1H/t13-;;/m0../s1. The van der Waals surface area contributed by atoms with E-state index in [0.29, 0.717) is 12.0 Å². The first-order valence-corrected chi connectivity index (χ1v) is 7.45. The molecule has 1 aromatic carbocycles. The second-order valence-electron chi connectivity index (χ2n) is 5.33. The molecule has 144 valence electrons. The summed E-state index contributed by atoms with van der Waals surface area (Å²) >= 11 is 0. The number of halogens is 6. The van der Waals surface area contributed by atoms with Gasteiger partial charge in [-0.2, -0.15) is 17.6 Å². The van der Waals surface area contributed by atoms with Crippen LogP contribution in [0.25, 0.3) is 0 Å². The van der Waals surface area contributed by atoms with Crippen molar-refractivity contribution in [2.75, 3.05) is 26.2 Å². The number of ether oxygens (including phenoxy) is 1. The van der Waals surface area contributed by atoms with Gasteiger partial charge in [0.05, 0.1) is 0 Å². The van der Waals surface area contributed by atoms with E-state index >= 15 is 0 Å². The highest BCUT2D eigenvalue weighted by Gasteiger charge is 2.44. The highest BCUT2D eigenvalue weighted by atomic mass is 35.5. The fraction of sp³-hybridized carbons (Fsp3) is 0.500. The molecule has 0 amide bonds. The number of benzene rings is 1. The number of alkyl halides is 4. The predicted molar refractivity (Wildman–Crippen MR) is 94.5 cm³/mol. The number of para-hydroxylation sites is 1. The number of nitrogens with one attached hydrogen (secondary N) is 1. The van der Waals surface area contributed by atoms with Crippen molar-refractivity contribution in [3.63, 3.8) is 0 Å². The first kappa shape index (κ1) is 24.0. The van der Waals surface area contributed by atoms with Crippen LogP contribution < -0.4 is 10.1 Å². The highest BCUT2D eigenvalue weighted by molar-refractivity contribution is 5.85. The lowest BCUT2D eigenvalue weighted by molar-refractivity contribution is -0.253. The maximum Gasteiger partial charge on any atom is 0.461 e. The third kappa shape index (κ3) is 6.33. The van der Waals surface area contributed by atoms with Gasteiger partial charge in [-0.15, -0.1) is 31.4 Å². The van der Waals surface area contributed by atoms with Crippen molar-refractivity contribution < 1.29 is 22.3 Å². The van der Waals surface area contributed by atoms with Gasteiger partial charge in [0.15, 0.2) is 0 Å². The number of nitrogens with zero attached hydrogens (tertiary/aromatic N) is 1. The van der Waals surface area contributed by atoms with Crippen molar-refractivity contribution >= 4 is 24.8 Å². The Balaban J connectivity index is 0.00000288. The van der Waals surface area contributed by atoms with E-state index in [4.69, 9.17) is 0 Å².